The van der Waals surface area contributed by atoms with Gasteiger partial charge in [0.2, 0.25) is 0 Å². The third-order valence-corrected chi connectivity index (χ3v) is 4.70. The quantitative estimate of drug-likeness (QED) is 0.863. The van der Waals surface area contributed by atoms with Gasteiger partial charge in [0, 0.05) is 19.4 Å². The number of aryl methyl sites for hydroxylation is 1. The first kappa shape index (κ1) is 13.4. The number of aliphatic carboxylic acids is 1. The fourth-order valence-corrected chi connectivity index (χ4v) is 3.37. The van der Waals surface area contributed by atoms with Crippen molar-refractivity contribution in [3.8, 4) is 5.75 Å². The van der Waals surface area contributed by atoms with Crippen LogP contribution in [0.3, 0.4) is 0 Å². The maximum Gasteiger partial charge on any atom is 0.311 e. The van der Waals surface area contributed by atoms with E-state index in [1.54, 1.807) is 0 Å². The van der Waals surface area contributed by atoms with E-state index in [-0.39, 0.29) is 18.6 Å². The fraction of sp³-hybridized carbons (Fsp3) is 0.562. The number of nitrogens with two attached hydrogens (primary N) is 1. The van der Waals surface area contributed by atoms with Crippen LogP contribution in [-0.4, -0.2) is 23.7 Å². The van der Waals surface area contributed by atoms with E-state index in [0.29, 0.717) is 6.42 Å². The molecule has 0 radical (unpaired) electrons. The molecule has 1 aromatic carbocycles. The van der Waals surface area contributed by atoms with Gasteiger partial charge in [-0.15, -0.1) is 0 Å². The van der Waals surface area contributed by atoms with Crippen molar-refractivity contribution in [3.63, 3.8) is 0 Å². The number of hydrogen-bond acceptors (Lipinski definition) is 3. The summed E-state index contributed by atoms with van der Waals surface area (Å²) in [5, 5.41) is 9.62. The molecule has 0 amide bonds. The van der Waals surface area contributed by atoms with Crippen LogP contribution in [0, 0.1) is 18.3 Å². The molecule has 3 rings (SSSR count). The van der Waals surface area contributed by atoms with Crippen molar-refractivity contribution in [3.05, 3.63) is 29.3 Å². The lowest BCUT2D eigenvalue weighted by Crippen LogP contribution is -2.44. The summed E-state index contributed by atoms with van der Waals surface area (Å²) in [6.45, 7) is 2.25. The van der Waals surface area contributed by atoms with Crippen molar-refractivity contribution < 1.29 is 14.6 Å². The first-order valence-corrected chi connectivity index (χ1v) is 7.25. The molecule has 0 spiro atoms. The molecule has 1 heterocycles. The number of carboxylic acids is 1. The summed E-state index contributed by atoms with van der Waals surface area (Å²) in [6.07, 6.45) is 3.19. The number of benzene rings is 1. The number of carboxylic acid groups (broad SMARTS) is 1. The topological polar surface area (TPSA) is 72.6 Å². The summed E-state index contributed by atoms with van der Waals surface area (Å²) in [5.74, 6) is 0.352. The molecule has 1 aromatic rings. The monoisotopic (exact) mass is 275 g/mol. The second-order valence-electron chi connectivity index (χ2n) is 6.20. The van der Waals surface area contributed by atoms with Gasteiger partial charge in [0.25, 0.3) is 0 Å². The van der Waals surface area contributed by atoms with Crippen LogP contribution in [0.2, 0.25) is 0 Å². The second kappa shape index (κ2) is 4.77. The highest BCUT2D eigenvalue weighted by molar-refractivity contribution is 5.76. The van der Waals surface area contributed by atoms with E-state index in [1.807, 2.05) is 12.1 Å². The summed E-state index contributed by atoms with van der Waals surface area (Å²) < 4.78 is 5.93. The minimum atomic E-state index is -0.804. The van der Waals surface area contributed by atoms with Gasteiger partial charge in [0.15, 0.2) is 0 Å². The minimum absolute atomic E-state index is 0.0629. The first-order chi connectivity index (χ1) is 9.55. The Balaban J connectivity index is 1.77. The van der Waals surface area contributed by atoms with Crippen LogP contribution < -0.4 is 10.5 Å². The molecule has 3 N–H and O–H groups in total. The molecule has 1 aliphatic heterocycles. The van der Waals surface area contributed by atoms with Crippen LogP contribution in [0.15, 0.2) is 18.2 Å². The van der Waals surface area contributed by atoms with Crippen molar-refractivity contribution in [2.45, 2.75) is 38.7 Å². The van der Waals surface area contributed by atoms with Crippen molar-refractivity contribution >= 4 is 5.97 Å². The molecule has 1 aliphatic carbocycles. The van der Waals surface area contributed by atoms with Crippen LogP contribution >= 0.6 is 0 Å². The predicted molar refractivity (Wildman–Crippen MR) is 75.8 cm³/mol. The molecule has 2 unspecified atom stereocenters. The molecule has 2 aliphatic rings. The van der Waals surface area contributed by atoms with Crippen molar-refractivity contribution in [2.24, 2.45) is 17.1 Å². The lowest BCUT2D eigenvalue weighted by molar-refractivity contribution is -0.151. The Bertz CT molecular complexity index is 539. The van der Waals surface area contributed by atoms with Crippen LogP contribution in [-0.2, 0) is 11.2 Å². The molecular weight excluding hydrogens is 254 g/mol. The Hall–Kier alpha value is -1.55. The standard InChI is InChI=1S/C16H21NO3/c1-10-2-5-14-11(6-10)7-13(20-14)8-16(9-17,15(18)19)12-3-4-12/h2,5-6,12-13H,3-4,7-9,17H2,1H3,(H,18,19). The summed E-state index contributed by atoms with van der Waals surface area (Å²) in [5.41, 5.74) is 7.41. The van der Waals surface area contributed by atoms with E-state index < -0.39 is 11.4 Å². The van der Waals surface area contributed by atoms with Gasteiger partial charge in [0.05, 0.1) is 5.41 Å². The zero-order valence-electron chi connectivity index (χ0n) is 11.8. The average Bonchev–Trinajstić information content (AvgIpc) is 3.17. The molecule has 0 bridgehead atoms. The summed E-state index contributed by atoms with van der Waals surface area (Å²) in [7, 11) is 0. The summed E-state index contributed by atoms with van der Waals surface area (Å²) in [6, 6.07) is 6.12. The Kier molecular flexibility index (Phi) is 3.21. The van der Waals surface area contributed by atoms with Gasteiger partial charge in [0.1, 0.15) is 11.9 Å². The number of ether oxygens (including phenoxy) is 1. The van der Waals surface area contributed by atoms with E-state index in [0.717, 1.165) is 25.0 Å². The number of fused-ring (bicyclic) bond motifs is 1. The normalized spacial score (nSPS) is 23.8. The fourth-order valence-electron chi connectivity index (χ4n) is 3.37. The van der Waals surface area contributed by atoms with Gasteiger partial charge in [-0.1, -0.05) is 17.7 Å². The molecule has 20 heavy (non-hydrogen) atoms. The minimum Gasteiger partial charge on any atom is -0.490 e. The van der Waals surface area contributed by atoms with Gasteiger partial charge in [-0.2, -0.15) is 0 Å². The Morgan fingerprint density at radius 1 is 1.50 bits per heavy atom. The molecule has 1 saturated carbocycles. The van der Waals surface area contributed by atoms with Crippen LogP contribution in [0.4, 0.5) is 0 Å². The molecular formula is C16H21NO3. The van der Waals surface area contributed by atoms with Gasteiger partial charge in [-0.25, -0.2) is 0 Å². The van der Waals surface area contributed by atoms with Crippen LogP contribution in [0.25, 0.3) is 0 Å². The predicted octanol–water partition coefficient (Wildman–Crippen LogP) is 2.13. The number of hydrogen-bond donors (Lipinski definition) is 2. The van der Waals surface area contributed by atoms with Gasteiger partial charge in [-0.3, -0.25) is 4.79 Å². The van der Waals surface area contributed by atoms with Crippen molar-refractivity contribution in [1.29, 1.82) is 0 Å². The maximum atomic E-state index is 11.7. The largest absolute Gasteiger partial charge is 0.490 e. The SMILES string of the molecule is Cc1ccc2c(c1)CC(CC(CN)(C(=O)O)C1CC1)O2. The molecule has 1 fully saturated rings. The Morgan fingerprint density at radius 2 is 2.25 bits per heavy atom. The zero-order valence-corrected chi connectivity index (χ0v) is 11.8. The second-order valence-corrected chi connectivity index (χ2v) is 6.20. The molecule has 0 saturated heterocycles. The lowest BCUT2D eigenvalue weighted by Gasteiger charge is -2.30. The third kappa shape index (κ3) is 2.18. The van der Waals surface area contributed by atoms with Crippen LogP contribution in [0.5, 0.6) is 5.75 Å². The number of rotatable bonds is 5. The lowest BCUT2D eigenvalue weighted by atomic mass is 9.77. The van der Waals surface area contributed by atoms with Gasteiger partial charge >= 0.3 is 5.97 Å². The average molecular weight is 275 g/mol. The molecule has 4 nitrogen and oxygen atoms in total. The van der Waals surface area contributed by atoms with E-state index in [9.17, 15) is 9.90 Å². The first-order valence-electron chi connectivity index (χ1n) is 7.25. The van der Waals surface area contributed by atoms with Crippen molar-refractivity contribution in [1.82, 2.24) is 0 Å². The smallest absolute Gasteiger partial charge is 0.311 e. The highest BCUT2D eigenvalue weighted by Crippen LogP contribution is 2.49. The molecule has 0 aromatic heterocycles. The van der Waals surface area contributed by atoms with Crippen LogP contribution in [0.1, 0.15) is 30.4 Å². The van der Waals surface area contributed by atoms with E-state index in [2.05, 4.69) is 13.0 Å². The van der Waals surface area contributed by atoms with Gasteiger partial charge < -0.3 is 15.6 Å². The van der Waals surface area contributed by atoms with E-state index >= 15 is 0 Å². The zero-order chi connectivity index (χ0) is 14.3. The van der Waals surface area contributed by atoms with E-state index in [4.69, 9.17) is 10.5 Å². The molecule has 2 atom stereocenters. The van der Waals surface area contributed by atoms with E-state index in [1.165, 1.54) is 11.1 Å². The Labute approximate surface area is 118 Å². The maximum absolute atomic E-state index is 11.7. The Morgan fingerprint density at radius 3 is 2.85 bits per heavy atom. The van der Waals surface area contributed by atoms with Gasteiger partial charge in [-0.05, 0) is 37.3 Å². The number of carbonyl (C=O) groups is 1. The highest BCUT2D eigenvalue weighted by Gasteiger charge is 2.52. The molecule has 4 heteroatoms. The van der Waals surface area contributed by atoms with Crippen molar-refractivity contribution in [2.75, 3.05) is 6.54 Å². The summed E-state index contributed by atoms with van der Waals surface area (Å²) in [4.78, 5) is 11.7. The third-order valence-electron chi connectivity index (χ3n) is 4.70. The highest BCUT2D eigenvalue weighted by atomic mass is 16.5. The summed E-state index contributed by atoms with van der Waals surface area (Å²) >= 11 is 0. The molecule has 108 valence electrons.